The van der Waals surface area contributed by atoms with Crippen LogP contribution in [0.4, 0.5) is 13.2 Å². The van der Waals surface area contributed by atoms with Crippen LogP contribution >= 0.6 is 11.8 Å². The topological polar surface area (TPSA) is 35.2 Å². The van der Waals surface area contributed by atoms with Gasteiger partial charge in [0, 0.05) is 17.2 Å². The lowest BCUT2D eigenvalue weighted by atomic mass is 10.2. The van der Waals surface area contributed by atoms with Gasteiger partial charge in [0.05, 0.1) is 6.61 Å². The van der Waals surface area contributed by atoms with Crippen molar-refractivity contribution >= 4 is 11.8 Å². The Bertz CT molecular complexity index is 330. The van der Waals surface area contributed by atoms with E-state index in [1.807, 2.05) is 24.3 Å². The summed E-state index contributed by atoms with van der Waals surface area (Å²) in [6.45, 7) is 0.0778. The van der Waals surface area contributed by atoms with Crippen molar-refractivity contribution in [2.24, 2.45) is 5.73 Å². The van der Waals surface area contributed by atoms with Crippen molar-refractivity contribution in [3.8, 4) is 0 Å². The standard InChI is InChI=1S/C10H12F3NOS/c11-10(12,13)15-4-5-16-9-3-1-2-8(6-9)7-14/h1-3,6H,4-5,7,14H2. The maximum atomic E-state index is 11.7. The second kappa shape index (κ2) is 6.12. The van der Waals surface area contributed by atoms with Crippen molar-refractivity contribution in [1.29, 1.82) is 0 Å². The van der Waals surface area contributed by atoms with Gasteiger partial charge in [0.1, 0.15) is 0 Å². The molecular weight excluding hydrogens is 239 g/mol. The predicted molar refractivity (Wildman–Crippen MR) is 57.1 cm³/mol. The highest BCUT2D eigenvalue weighted by Gasteiger charge is 2.28. The highest BCUT2D eigenvalue weighted by Crippen LogP contribution is 2.21. The summed E-state index contributed by atoms with van der Waals surface area (Å²) in [5, 5.41) is 0. The molecule has 0 aromatic heterocycles. The van der Waals surface area contributed by atoms with Gasteiger partial charge in [0.2, 0.25) is 0 Å². The van der Waals surface area contributed by atoms with Gasteiger partial charge in [0.25, 0.3) is 0 Å². The summed E-state index contributed by atoms with van der Waals surface area (Å²) in [6.07, 6.45) is -4.54. The monoisotopic (exact) mass is 251 g/mol. The van der Waals surface area contributed by atoms with Gasteiger partial charge in [-0.05, 0) is 17.7 Å². The van der Waals surface area contributed by atoms with Gasteiger partial charge in [-0.3, -0.25) is 4.74 Å². The molecule has 16 heavy (non-hydrogen) atoms. The number of nitrogens with two attached hydrogens (primary N) is 1. The highest BCUT2D eigenvalue weighted by atomic mass is 32.2. The minimum Gasteiger partial charge on any atom is -0.326 e. The summed E-state index contributed by atoms with van der Waals surface area (Å²) in [5.74, 6) is 0.257. The van der Waals surface area contributed by atoms with Crippen LogP contribution in [0.25, 0.3) is 0 Å². The van der Waals surface area contributed by atoms with Crippen LogP contribution in [-0.4, -0.2) is 18.7 Å². The van der Waals surface area contributed by atoms with E-state index in [9.17, 15) is 13.2 Å². The number of hydrogen-bond donors (Lipinski definition) is 1. The first kappa shape index (κ1) is 13.3. The Morgan fingerprint density at radius 2 is 2.06 bits per heavy atom. The molecule has 2 nitrogen and oxygen atoms in total. The second-order valence-corrected chi connectivity index (χ2v) is 4.16. The van der Waals surface area contributed by atoms with Crippen LogP contribution in [0.3, 0.4) is 0 Å². The molecule has 0 amide bonds. The van der Waals surface area contributed by atoms with E-state index in [1.165, 1.54) is 11.8 Å². The lowest BCUT2D eigenvalue weighted by molar-refractivity contribution is -0.322. The van der Waals surface area contributed by atoms with Crippen molar-refractivity contribution in [1.82, 2.24) is 0 Å². The fourth-order valence-corrected chi connectivity index (χ4v) is 1.89. The summed E-state index contributed by atoms with van der Waals surface area (Å²) in [5.41, 5.74) is 6.41. The molecule has 0 saturated heterocycles. The Morgan fingerprint density at radius 1 is 1.31 bits per heavy atom. The van der Waals surface area contributed by atoms with Gasteiger partial charge in [0.15, 0.2) is 0 Å². The van der Waals surface area contributed by atoms with Crippen molar-refractivity contribution < 1.29 is 17.9 Å². The van der Waals surface area contributed by atoms with Gasteiger partial charge in [-0.1, -0.05) is 12.1 Å². The van der Waals surface area contributed by atoms with Crippen LogP contribution in [0.5, 0.6) is 0 Å². The number of hydrogen-bond acceptors (Lipinski definition) is 3. The van der Waals surface area contributed by atoms with E-state index in [0.717, 1.165) is 10.5 Å². The first-order valence-corrected chi connectivity index (χ1v) is 5.62. The van der Waals surface area contributed by atoms with Gasteiger partial charge < -0.3 is 5.73 Å². The number of thioether (sulfide) groups is 1. The Labute approximate surface area is 96.0 Å². The number of ether oxygens (including phenoxy) is 1. The molecule has 0 unspecified atom stereocenters. The maximum absolute atomic E-state index is 11.7. The van der Waals surface area contributed by atoms with Crippen LogP contribution < -0.4 is 5.73 Å². The molecule has 2 N–H and O–H groups in total. The Kier molecular flexibility index (Phi) is 5.11. The van der Waals surface area contributed by atoms with E-state index in [4.69, 9.17) is 5.73 Å². The molecule has 1 aromatic carbocycles. The smallest absolute Gasteiger partial charge is 0.326 e. The molecule has 0 spiro atoms. The minimum absolute atomic E-state index is 0.257. The average molecular weight is 251 g/mol. The molecule has 0 heterocycles. The second-order valence-electron chi connectivity index (χ2n) is 2.99. The molecule has 0 bridgehead atoms. The van der Waals surface area contributed by atoms with Crippen molar-refractivity contribution in [2.75, 3.05) is 12.4 Å². The summed E-state index contributed by atoms with van der Waals surface area (Å²) in [6, 6.07) is 7.39. The molecule has 0 atom stereocenters. The van der Waals surface area contributed by atoms with Crippen molar-refractivity contribution in [2.45, 2.75) is 17.8 Å². The van der Waals surface area contributed by atoms with E-state index in [2.05, 4.69) is 4.74 Å². The predicted octanol–water partition coefficient (Wildman–Crippen LogP) is 2.77. The summed E-state index contributed by atoms with van der Waals surface area (Å²) < 4.78 is 38.6. The van der Waals surface area contributed by atoms with Gasteiger partial charge >= 0.3 is 6.36 Å². The Balaban J connectivity index is 2.32. The minimum atomic E-state index is -4.54. The molecule has 6 heteroatoms. The summed E-state index contributed by atoms with van der Waals surface area (Å²) in [4.78, 5) is 0.897. The highest BCUT2D eigenvalue weighted by molar-refractivity contribution is 7.99. The largest absolute Gasteiger partial charge is 0.522 e. The fraction of sp³-hybridized carbons (Fsp3) is 0.400. The zero-order valence-corrected chi connectivity index (χ0v) is 9.27. The van der Waals surface area contributed by atoms with Crippen LogP contribution in [-0.2, 0) is 11.3 Å². The third kappa shape index (κ3) is 5.39. The molecule has 0 saturated carbocycles. The zero-order chi connectivity index (χ0) is 12.0. The third-order valence-corrected chi connectivity index (χ3v) is 2.71. The lowest BCUT2D eigenvalue weighted by Gasteiger charge is -2.07. The summed E-state index contributed by atoms with van der Waals surface area (Å²) in [7, 11) is 0. The normalized spacial score (nSPS) is 11.8. The molecule has 0 aliphatic rings. The Morgan fingerprint density at radius 3 is 2.69 bits per heavy atom. The van der Waals surface area contributed by atoms with E-state index < -0.39 is 6.36 Å². The van der Waals surface area contributed by atoms with Crippen molar-refractivity contribution in [3.63, 3.8) is 0 Å². The number of benzene rings is 1. The molecule has 0 fully saturated rings. The first-order chi connectivity index (χ1) is 7.51. The van der Waals surface area contributed by atoms with Crippen LogP contribution in [0.2, 0.25) is 0 Å². The summed E-state index contributed by atoms with van der Waals surface area (Å²) >= 11 is 1.31. The lowest BCUT2D eigenvalue weighted by Crippen LogP contribution is -2.15. The van der Waals surface area contributed by atoms with Crippen LogP contribution in [0.15, 0.2) is 29.2 Å². The van der Waals surface area contributed by atoms with Crippen molar-refractivity contribution in [3.05, 3.63) is 29.8 Å². The van der Waals surface area contributed by atoms with Gasteiger partial charge in [-0.15, -0.1) is 24.9 Å². The molecule has 0 radical (unpaired) electrons. The van der Waals surface area contributed by atoms with Crippen LogP contribution in [0.1, 0.15) is 5.56 Å². The third-order valence-electron chi connectivity index (χ3n) is 1.75. The number of rotatable bonds is 5. The molecule has 90 valence electrons. The van der Waals surface area contributed by atoms with Gasteiger partial charge in [-0.2, -0.15) is 0 Å². The zero-order valence-electron chi connectivity index (χ0n) is 8.46. The quantitative estimate of drug-likeness (QED) is 0.645. The van der Waals surface area contributed by atoms with Gasteiger partial charge in [-0.25, -0.2) is 0 Å². The number of alkyl halides is 3. The molecule has 0 aliphatic heterocycles. The SMILES string of the molecule is NCc1cccc(SCCOC(F)(F)F)c1. The van der Waals surface area contributed by atoms with E-state index in [-0.39, 0.29) is 12.4 Å². The molecule has 1 aromatic rings. The maximum Gasteiger partial charge on any atom is 0.522 e. The van der Waals surface area contributed by atoms with E-state index in [0.29, 0.717) is 6.54 Å². The fourth-order valence-electron chi connectivity index (χ4n) is 1.08. The number of halogens is 3. The van der Waals surface area contributed by atoms with E-state index in [1.54, 1.807) is 0 Å². The molecular formula is C10H12F3NOS. The Hall–Kier alpha value is -0.720. The molecule has 0 aliphatic carbocycles. The molecule has 1 rings (SSSR count). The van der Waals surface area contributed by atoms with Crippen LogP contribution in [0, 0.1) is 0 Å². The average Bonchev–Trinajstić information content (AvgIpc) is 2.23. The first-order valence-electron chi connectivity index (χ1n) is 4.64. The van der Waals surface area contributed by atoms with E-state index >= 15 is 0 Å².